The van der Waals surface area contributed by atoms with Gasteiger partial charge in [0.1, 0.15) is 5.69 Å². The van der Waals surface area contributed by atoms with Gasteiger partial charge in [0, 0.05) is 12.6 Å². The van der Waals surface area contributed by atoms with Crippen molar-refractivity contribution in [1.82, 2.24) is 14.7 Å². The summed E-state index contributed by atoms with van der Waals surface area (Å²) >= 11 is 7.42. The summed E-state index contributed by atoms with van der Waals surface area (Å²) in [6, 6.07) is 14.5. The number of ether oxygens (including phenoxy) is 1. The highest BCUT2D eigenvalue weighted by atomic mass is 35.5. The van der Waals surface area contributed by atoms with Crippen LogP contribution in [0.2, 0.25) is 4.34 Å². The van der Waals surface area contributed by atoms with Crippen LogP contribution in [0.5, 0.6) is 0 Å². The Morgan fingerprint density at radius 3 is 2.70 bits per heavy atom. The van der Waals surface area contributed by atoms with Crippen LogP contribution in [0.15, 0.2) is 53.3 Å². The van der Waals surface area contributed by atoms with Crippen molar-refractivity contribution >= 4 is 28.9 Å². The van der Waals surface area contributed by atoms with Gasteiger partial charge in [0.2, 0.25) is 0 Å². The van der Waals surface area contributed by atoms with Gasteiger partial charge in [-0.25, -0.2) is 4.68 Å². The van der Waals surface area contributed by atoms with Gasteiger partial charge in [-0.1, -0.05) is 35.9 Å². The minimum atomic E-state index is -0.252. The van der Waals surface area contributed by atoms with E-state index >= 15 is 0 Å². The second-order valence-corrected chi connectivity index (χ2v) is 8.91. The quantitative estimate of drug-likeness (QED) is 0.371. The number of nitrogens with zero attached hydrogens (tertiary/aromatic N) is 3. The summed E-state index contributed by atoms with van der Waals surface area (Å²) in [7, 11) is 3.97. The van der Waals surface area contributed by atoms with Crippen molar-refractivity contribution in [2.75, 3.05) is 27.2 Å². The number of carbonyl (C=O) groups excluding carboxylic acids is 1. The van der Waals surface area contributed by atoms with Crippen LogP contribution in [0.3, 0.4) is 0 Å². The van der Waals surface area contributed by atoms with Gasteiger partial charge in [0.25, 0.3) is 5.56 Å². The number of hydrogen-bond acceptors (Lipinski definition) is 6. The topological polar surface area (TPSA) is 64.4 Å². The van der Waals surface area contributed by atoms with E-state index in [4.69, 9.17) is 16.3 Å². The number of esters is 1. The van der Waals surface area contributed by atoms with E-state index in [0.29, 0.717) is 23.2 Å². The number of carbonyl (C=O) groups is 1. The van der Waals surface area contributed by atoms with Crippen molar-refractivity contribution in [3.05, 3.63) is 74.3 Å². The minimum absolute atomic E-state index is 0.188. The standard InChI is InChI=1S/C22H24ClN3O3S/c1-25(2)11-4-12-29-22(28)14-16-5-3-6-17(13-16)15-26-21(27)10-7-18(24-26)19-8-9-20(23)30-19/h3,5-10,13H,4,11-12,14-15H2,1-2H3. The van der Waals surface area contributed by atoms with Crippen molar-refractivity contribution in [1.29, 1.82) is 0 Å². The van der Waals surface area contributed by atoms with E-state index < -0.39 is 0 Å². The van der Waals surface area contributed by atoms with Gasteiger partial charge in [-0.05, 0) is 49.8 Å². The molecule has 2 aromatic heterocycles. The second kappa shape index (κ2) is 10.5. The smallest absolute Gasteiger partial charge is 0.310 e. The average molecular weight is 446 g/mol. The molecule has 3 rings (SSSR count). The van der Waals surface area contributed by atoms with Crippen LogP contribution < -0.4 is 5.56 Å². The Kier molecular flexibility index (Phi) is 7.79. The van der Waals surface area contributed by atoms with Gasteiger partial charge in [-0.3, -0.25) is 9.59 Å². The third kappa shape index (κ3) is 6.52. The molecule has 0 aliphatic rings. The molecule has 0 aliphatic heterocycles. The Bertz CT molecular complexity index is 1060. The number of hydrogen-bond donors (Lipinski definition) is 0. The average Bonchev–Trinajstić information content (AvgIpc) is 3.13. The molecule has 6 nitrogen and oxygen atoms in total. The second-order valence-electron chi connectivity index (χ2n) is 7.19. The zero-order valence-corrected chi connectivity index (χ0v) is 18.6. The van der Waals surface area contributed by atoms with Gasteiger partial charge < -0.3 is 9.64 Å². The largest absolute Gasteiger partial charge is 0.465 e. The van der Waals surface area contributed by atoms with Gasteiger partial charge in [0.15, 0.2) is 0 Å². The van der Waals surface area contributed by atoms with E-state index in [-0.39, 0.29) is 17.9 Å². The molecular weight excluding hydrogens is 422 g/mol. The summed E-state index contributed by atoms with van der Waals surface area (Å²) in [5, 5.41) is 4.47. The molecule has 0 saturated heterocycles. The maximum atomic E-state index is 12.3. The van der Waals surface area contributed by atoms with E-state index in [9.17, 15) is 9.59 Å². The fourth-order valence-corrected chi connectivity index (χ4v) is 3.95. The Morgan fingerprint density at radius 2 is 1.97 bits per heavy atom. The fraction of sp³-hybridized carbons (Fsp3) is 0.318. The molecule has 30 heavy (non-hydrogen) atoms. The van der Waals surface area contributed by atoms with Crippen molar-refractivity contribution < 1.29 is 9.53 Å². The highest BCUT2D eigenvalue weighted by Gasteiger charge is 2.09. The normalized spacial score (nSPS) is 11.1. The molecule has 0 unspecified atom stereocenters. The van der Waals surface area contributed by atoms with Gasteiger partial charge >= 0.3 is 5.97 Å². The summed E-state index contributed by atoms with van der Waals surface area (Å²) in [6.45, 7) is 1.61. The monoisotopic (exact) mass is 445 g/mol. The summed E-state index contributed by atoms with van der Waals surface area (Å²) in [6.07, 6.45) is 1.00. The predicted molar refractivity (Wildman–Crippen MR) is 120 cm³/mol. The van der Waals surface area contributed by atoms with E-state index in [1.54, 1.807) is 6.07 Å². The number of halogens is 1. The minimum Gasteiger partial charge on any atom is -0.465 e. The zero-order valence-electron chi connectivity index (χ0n) is 17.0. The molecule has 0 radical (unpaired) electrons. The molecule has 158 valence electrons. The van der Waals surface area contributed by atoms with Gasteiger partial charge in [0.05, 0.1) is 28.8 Å². The third-order valence-electron chi connectivity index (χ3n) is 4.38. The first-order valence-electron chi connectivity index (χ1n) is 9.63. The van der Waals surface area contributed by atoms with E-state index in [1.165, 1.54) is 22.1 Å². The Hall–Kier alpha value is -2.48. The summed E-state index contributed by atoms with van der Waals surface area (Å²) in [4.78, 5) is 27.3. The molecular formula is C22H24ClN3O3S. The Balaban J connectivity index is 1.65. The van der Waals surface area contributed by atoms with E-state index in [2.05, 4.69) is 10.00 Å². The van der Waals surface area contributed by atoms with Crippen molar-refractivity contribution in [2.24, 2.45) is 0 Å². The fourth-order valence-electron chi connectivity index (χ4n) is 2.94. The number of aromatic nitrogens is 2. The first kappa shape index (κ1) is 22.2. The molecule has 1 aromatic carbocycles. The summed E-state index contributed by atoms with van der Waals surface area (Å²) < 4.78 is 7.39. The van der Waals surface area contributed by atoms with Crippen molar-refractivity contribution in [3.63, 3.8) is 0 Å². The van der Waals surface area contributed by atoms with E-state index in [0.717, 1.165) is 29.0 Å². The molecule has 0 N–H and O–H groups in total. The Labute approximate surface area is 184 Å². The van der Waals surface area contributed by atoms with Crippen LogP contribution in [-0.4, -0.2) is 47.9 Å². The van der Waals surface area contributed by atoms with Crippen LogP contribution in [0.4, 0.5) is 0 Å². The molecule has 0 amide bonds. The molecule has 0 aliphatic carbocycles. The van der Waals surface area contributed by atoms with Crippen LogP contribution in [0, 0.1) is 0 Å². The maximum Gasteiger partial charge on any atom is 0.310 e. The molecule has 3 aromatic rings. The molecule has 8 heteroatoms. The third-order valence-corrected chi connectivity index (χ3v) is 5.63. The van der Waals surface area contributed by atoms with Gasteiger partial charge in [-0.15, -0.1) is 11.3 Å². The van der Waals surface area contributed by atoms with E-state index in [1.807, 2.05) is 50.5 Å². The van der Waals surface area contributed by atoms with Crippen LogP contribution >= 0.6 is 22.9 Å². The maximum absolute atomic E-state index is 12.3. The first-order chi connectivity index (χ1) is 14.4. The van der Waals surface area contributed by atoms with Crippen LogP contribution in [-0.2, 0) is 22.5 Å². The highest BCUT2D eigenvalue weighted by molar-refractivity contribution is 7.19. The highest BCUT2D eigenvalue weighted by Crippen LogP contribution is 2.29. The van der Waals surface area contributed by atoms with Crippen LogP contribution in [0.1, 0.15) is 17.5 Å². The first-order valence-corrected chi connectivity index (χ1v) is 10.8. The zero-order chi connectivity index (χ0) is 21.5. The summed E-state index contributed by atoms with van der Waals surface area (Å²) in [5.41, 5.74) is 2.25. The molecule has 0 atom stereocenters. The predicted octanol–water partition coefficient (Wildman–Crippen LogP) is 3.71. The SMILES string of the molecule is CN(C)CCCOC(=O)Cc1cccc(Cn2nc(-c3ccc(Cl)s3)ccc2=O)c1. The molecule has 0 fully saturated rings. The Morgan fingerprint density at radius 1 is 1.17 bits per heavy atom. The lowest BCUT2D eigenvalue weighted by atomic mass is 10.1. The number of thiophene rings is 1. The molecule has 0 spiro atoms. The van der Waals surface area contributed by atoms with Crippen molar-refractivity contribution in [2.45, 2.75) is 19.4 Å². The molecule has 0 bridgehead atoms. The number of rotatable bonds is 9. The summed E-state index contributed by atoms with van der Waals surface area (Å²) in [5.74, 6) is -0.252. The number of benzene rings is 1. The lowest BCUT2D eigenvalue weighted by Crippen LogP contribution is -2.22. The lowest BCUT2D eigenvalue weighted by molar-refractivity contribution is -0.143. The van der Waals surface area contributed by atoms with Gasteiger partial charge in [-0.2, -0.15) is 5.10 Å². The van der Waals surface area contributed by atoms with Crippen molar-refractivity contribution in [3.8, 4) is 10.6 Å². The molecule has 0 saturated carbocycles. The van der Waals surface area contributed by atoms with Crippen LogP contribution in [0.25, 0.3) is 10.6 Å². The lowest BCUT2D eigenvalue weighted by Gasteiger charge is -2.10. The molecule has 2 heterocycles.